The Morgan fingerprint density at radius 2 is 1.95 bits per heavy atom. The number of amides is 1. The van der Waals surface area contributed by atoms with Crippen LogP contribution in [0, 0.1) is 37.0 Å². The zero-order chi connectivity index (χ0) is 15.6. The van der Waals surface area contributed by atoms with Crippen LogP contribution in [0.4, 0.5) is 5.00 Å². The van der Waals surface area contributed by atoms with Gasteiger partial charge in [-0.25, -0.2) is 0 Å². The molecule has 0 radical (unpaired) electrons. The molecule has 5 nitrogen and oxygen atoms in total. The van der Waals surface area contributed by atoms with Crippen molar-refractivity contribution in [2.45, 2.75) is 26.7 Å². The summed E-state index contributed by atoms with van der Waals surface area (Å²) in [5, 5.41) is 23.5. The van der Waals surface area contributed by atoms with E-state index in [0.717, 1.165) is 10.4 Å². The summed E-state index contributed by atoms with van der Waals surface area (Å²) < 4.78 is 0. The van der Waals surface area contributed by atoms with Crippen LogP contribution < -0.4 is 10.4 Å². The molecule has 0 aliphatic heterocycles. The van der Waals surface area contributed by atoms with Gasteiger partial charge in [-0.1, -0.05) is 12.2 Å². The topological polar surface area (TPSA) is 93.0 Å². The van der Waals surface area contributed by atoms with Crippen molar-refractivity contribution in [2.24, 2.45) is 11.8 Å². The van der Waals surface area contributed by atoms with Gasteiger partial charge in [-0.2, -0.15) is 5.26 Å². The number of carbonyl (C=O) groups is 2. The van der Waals surface area contributed by atoms with Crippen molar-refractivity contribution in [3.63, 3.8) is 0 Å². The number of hydrogen-bond acceptors (Lipinski definition) is 5. The fourth-order valence-electron chi connectivity index (χ4n) is 2.42. The van der Waals surface area contributed by atoms with Crippen LogP contribution in [0.25, 0.3) is 0 Å². The van der Waals surface area contributed by atoms with Gasteiger partial charge in [-0.15, -0.1) is 11.3 Å². The summed E-state index contributed by atoms with van der Waals surface area (Å²) in [6, 6.07) is 2.08. The maximum absolute atomic E-state index is 12.3. The first-order valence-electron chi connectivity index (χ1n) is 6.62. The summed E-state index contributed by atoms with van der Waals surface area (Å²) in [7, 11) is 0. The van der Waals surface area contributed by atoms with E-state index in [1.807, 2.05) is 13.8 Å². The predicted molar refractivity (Wildman–Crippen MR) is 77.5 cm³/mol. The summed E-state index contributed by atoms with van der Waals surface area (Å²) in [4.78, 5) is 24.4. The Bertz CT molecular complexity index is 655. The van der Waals surface area contributed by atoms with Gasteiger partial charge in [0, 0.05) is 16.8 Å². The van der Waals surface area contributed by atoms with Crippen LogP contribution in [-0.4, -0.2) is 11.9 Å². The van der Waals surface area contributed by atoms with Crippen LogP contribution in [-0.2, 0) is 9.59 Å². The van der Waals surface area contributed by atoms with Crippen molar-refractivity contribution in [3.05, 3.63) is 28.2 Å². The summed E-state index contributed by atoms with van der Waals surface area (Å²) >= 11 is 1.33. The number of aliphatic carboxylic acids is 1. The lowest BCUT2D eigenvalue weighted by Crippen LogP contribution is -2.41. The number of carbonyl (C=O) groups excluding carboxylic acids is 2. The Balaban J connectivity index is 2.22. The van der Waals surface area contributed by atoms with Gasteiger partial charge in [0.15, 0.2) is 0 Å². The molecule has 1 aliphatic carbocycles. The Morgan fingerprint density at radius 1 is 1.33 bits per heavy atom. The number of anilines is 1. The molecule has 1 heterocycles. The monoisotopic (exact) mass is 303 g/mol. The zero-order valence-electron chi connectivity index (χ0n) is 11.8. The van der Waals surface area contributed by atoms with E-state index in [4.69, 9.17) is 5.26 Å². The number of nitrogens with one attached hydrogen (secondary N) is 1. The maximum Gasteiger partial charge on any atom is 0.229 e. The first-order valence-corrected chi connectivity index (χ1v) is 7.44. The smallest absolute Gasteiger partial charge is 0.229 e. The minimum absolute atomic E-state index is 0.300. The Hall–Kier alpha value is -2.13. The van der Waals surface area contributed by atoms with Crippen molar-refractivity contribution in [1.29, 1.82) is 5.26 Å². The second-order valence-electron chi connectivity index (χ2n) is 5.06. The van der Waals surface area contributed by atoms with E-state index in [1.54, 1.807) is 12.2 Å². The van der Waals surface area contributed by atoms with Gasteiger partial charge in [0.25, 0.3) is 0 Å². The van der Waals surface area contributed by atoms with Gasteiger partial charge in [0.2, 0.25) is 5.91 Å². The molecule has 0 bridgehead atoms. The molecule has 2 atom stereocenters. The normalized spacial score (nSPS) is 20.8. The number of thiophene rings is 1. The zero-order valence-corrected chi connectivity index (χ0v) is 12.6. The number of rotatable bonds is 3. The highest BCUT2D eigenvalue weighted by Gasteiger charge is 2.30. The molecule has 0 aromatic carbocycles. The summed E-state index contributed by atoms with van der Waals surface area (Å²) in [6.45, 7) is 3.71. The fourth-order valence-corrected chi connectivity index (χ4v) is 3.43. The van der Waals surface area contributed by atoms with Gasteiger partial charge in [-0.3, -0.25) is 4.79 Å². The van der Waals surface area contributed by atoms with Crippen molar-refractivity contribution in [1.82, 2.24) is 0 Å². The van der Waals surface area contributed by atoms with Crippen molar-refractivity contribution in [3.8, 4) is 6.07 Å². The lowest BCUT2D eigenvalue weighted by Gasteiger charge is -2.28. The number of aryl methyl sites for hydroxylation is 1. The highest BCUT2D eigenvalue weighted by molar-refractivity contribution is 7.16. The minimum Gasteiger partial charge on any atom is -0.550 e. The third kappa shape index (κ3) is 2.98. The van der Waals surface area contributed by atoms with E-state index in [9.17, 15) is 14.7 Å². The van der Waals surface area contributed by atoms with Gasteiger partial charge in [0.1, 0.15) is 11.1 Å². The largest absolute Gasteiger partial charge is 0.550 e. The number of nitriles is 1. The first-order chi connectivity index (χ1) is 9.95. The predicted octanol–water partition coefficient (Wildman–Crippen LogP) is 1.51. The van der Waals surface area contributed by atoms with E-state index < -0.39 is 17.8 Å². The molecule has 1 N–H and O–H groups in total. The molecule has 0 saturated heterocycles. The van der Waals surface area contributed by atoms with Crippen molar-refractivity contribution < 1.29 is 14.7 Å². The second kappa shape index (κ2) is 6.10. The second-order valence-corrected chi connectivity index (χ2v) is 6.29. The quantitative estimate of drug-likeness (QED) is 0.856. The number of nitrogens with zero attached hydrogens (tertiary/aromatic N) is 1. The van der Waals surface area contributed by atoms with E-state index in [1.165, 1.54) is 11.3 Å². The molecule has 6 heteroatoms. The van der Waals surface area contributed by atoms with E-state index in [2.05, 4.69) is 11.4 Å². The molecule has 1 aromatic heterocycles. The summed E-state index contributed by atoms with van der Waals surface area (Å²) in [5.74, 6) is -3.05. The highest BCUT2D eigenvalue weighted by atomic mass is 32.1. The lowest BCUT2D eigenvalue weighted by atomic mass is 9.82. The Kier molecular flexibility index (Phi) is 4.43. The molecule has 2 rings (SSSR count). The van der Waals surface area contributed by atoms with E-state index in [-0.39, 0.29) is 5.91 Å². The molecular weight excluding hydrogens is 288 g/mol. The average Bonchev–Trinajstić information content (AvgIpc) is 2.73. The van der Waals surface area contributed by atoms with Gasteiger partial charge in [0.05, 0.1) is 11.5 Å². The van der Waals surface area contributed by atoms with Gasteiger partial charge in [-0.05, 0) is 32.3 Å². The number of allylic oxidation sites excluding steroid dienone is 2. The van der Waals surface area contributed by atoms with Crippen molar-refractivity contribution >= 4 is 28.2 Å². The van der Waals surface area contributed by atoms with Crippen molar-refractivity contribution in [2.75, 3.05) is 5.32 Å². The first kappa shape index (κ1) is 15.3. The molecule has 21 heavy (non-hydrogen) atoms. The highest BCUT2D eigenvalue weighted by Crippen LogP contribution is 2.33. The fraction of sp³-hybridized carbons (Fsp3) is 0.400. The average molecular weight is 303 g/mol. The van der Waals surface area contributed by atoms with Gasteiger partial charge < -0.3 is 15.2 Å². The van der Waals surface area contributed by atoms with Crippen LogP contribution in [0.3, 0.4) is 0 Å². The number of hydrogen-bond donors (Lipinski definition) is 1. The molecule has 1 aromatic rings. The van der Waals surface area contributed by atoms with Crippen LogP contribution in [0.1, 0.15) is 28.8 Å². The molecule has 0 fully saturated rings. The van der Waals surface area contributed by atoms with Crippen LogP contribution in [0.2, 0.25) is 0 Å². The number of carboxylic acids is 1. The number of carboxylic acid groups (broad SMARTS) is 1. The van der Waals surface area contributed by atoms with E-state index >= 15 is 0 Å². The maximum atomic E-state index is 12.3. The molecule has 0 spiro atoms. The lowest BCUT2D eigenvalue weighted by molar-refractivity contribution is -0.313. The van der Waals surface area contributed by atoms with Crippen LogP contribution in [0.5, 0.6) is 0 Å². The molecule has 0 saturated carbocycles. The molecule has 2 unspecified atom stereocenters. The molecule has 1 aliphatic rings. The third-order valence-corrected chi connectivity index (χ3v) is 4.93. The van der Waals surface area contributed by atoms with Gasteiger partial charge >= 0.3 is 0 Å². The van der Waals surface area contributed by atoms with E-state index in [0.29, 0.717) is 23.4 Å². The van der Waals surface area contributed by atoms with Crippen LogP contribution in [0.15, 0.2) is 12.2 Å². The molecular formula is C15H15N2O3S-. The SMILES string of the molecule is Cc1sc(NC(=O)C2CC=CCC2C(=O)[O-])c(C#N)c1C. The minimum atomic E-state index is -1.21. The summed E-state index contributed by atoms with van der Waals surface area (Å²) in [5.41, 5.74) is 1.29. The standard InChI is InChI=1S/C15H16N2O3S/c1-8-9(2)21-14(12(8)7-16)17-13(18)10-5-3-4-6-11(10)15(19)20/h3-4,10-11H,5-6H2,1-2H3,(H,17,18)(H,19,20)/p-1. The summed E-state index contributed by atoms with van der Waals surface area (Å²) in [6.07, 6.45) is 4.23. The molecule has 110 valence electrons. The van der Waals surface area contributed by atoms with Crippen LogP contribution >= 0.6 is 11.3 Å². The third-order valence-electron chi connectivity index (χ3n) is 3.81. The Labute approximate surface area is 126 Å². The Morgan fingerprint density at radius 3 is 2.52 bits per heavy atom. The molecule has 1 amide bonds.